The monoisotopic (exact) mass is 191 g/mol. The van der Waals surface area contributed by atoms with Gasteiger partial charge in [-0.05, 0) is 13.0 Å². The third-order valence-corrected chi connectivity index (χ3v) is 2.06. The highest BCUT2D eigenvalue weighted by Crippen LogP contribution is 2.12. The number of rotatable bonds is 3. The van der Waals surface area contributed by atoms with E-state index in [4.69, 9.17) is 5.73 Å². The van der Waals surface area contributed by atoms with E-state index in [1.165, 1.54) is 0 Å². The Morgan fingerprint density at radius 3 is 3.21 bits per heavy atom. The molecule has 2 rings (SSSR count). The van der Waals surface area contributed by atoms with Crippen LogP contribution in [0.3, 0.4) is 0 Å². The van der Waals surface area contributed by atoms with Crippen LogP contribution in [0.25, 0.3) is 5.52 Å². The number of anilines is 1. The van der Waals surface area contributed by atoms with Crippen LogP contribution in [0.2, 0.25) is 0 Å². The van der Waals surface area contributed by atoms with Crippen LogP contribution < -0.4 is 11.1 Å². The number of aromatic nitrogens is 3. The minimum atomic E-state index is 0.212. The third kappa shape index (κ3) is 1.54. The molecule has 0 saturated carbocycles. The van der Waals surface area contributed by atoms with Crippen molar-refractivity contribution in [2.75, 3.05) is 11.9 Å². The van der Waals surface area contributed by atoms with Gasteiger partial charge in [0.2, 0.25) is 0 Å². The van der Waals surface area contributed by atoms with Gasteiger partial charge in [0.25, 0.3) is 0 Å². The highest BCUT2D eigenvalue weighted by atomic mass is 15.2. The van der Waals surface area contributed by atoms with Gasteiger partial charge < -0.3 is 11.1 Å². The Morgan fingerprint density at radius 2 is 2.43 bits per heavy atom. The summed E-state index contributed by atoms with van der Waals surface area (Å²) >= 11 is 0. The van der Waals surface area contributed by atoms with Gasteiger partial charge in [0.05, 0.1) is 6.20 Å². The second-order valence-electron chi connectivity index (χ2n) is 3.22. The number of nitrogens with zero attached hydrogens (tertiary/aromatic N) is 3. The van der Waals surface area contributed by atoms with Gasteiger partial charge in [0.15, 0.2) is 5.82 Å². The van der Waals surface area contributed by atoms with E-state index in [1.807, 2.05) is 19.2 Å². The van der Waals surface area contributed by atoms with Gasteiger partial charge in [-0.2, -0.15) is 5.10 Å². The number of nitrogens with two attached hydrogens (primary N) is 1. The van der Waals surface area contributed by atoms with Crippen molar-refractivity contribution in [3.8, 4) is 0 Å². The van der Waals surface area contributed by atoms with Crippen molar-refractivity contribution < 1.29 is 0 Å². The quantitative estimate of drug-likeness (QED) is 0.740. The van der Waals surface area contributed by atoms with Crippen molar-refractivity contribution in [2.45, 2.75) is 13.0 Å². The van der Waals surface area contributed by atoms with Crippen LogP contribution >= 0.6 is 0 Å². The van der Waals surface area contributed by atoms with Gasteiger partial charge in [0, 0.05) is 25.0 Å². The molecule has 5 nitrogen and oxygen atoms in total. The zero-order chi connectivity index (χ0) is 9.97. The van der Waals surface area contributed by atoms with Gasteiger partial charge in [-0.15, -0.1) is 0 Å². The molecule has 0 saturated heterocycles. The summed E-state index contributed by atoms with van der Waals surface area (Å²) in [5, 5.41) is 7.34. The van der Waals surface area contributed by atoms with E-state index in [-0.39, 0.29) is 6.04 Å². The lowest BCUT2D eigenvalue weighted by molar-refractivity contribution is 0.796. The van der Waals surface area contributed by atoms with Crippen molar-refractivity contribution in [3.05, 3.63) is 24.7 Å². The first-order valence-corrected chi connectivity index (χ1v) is 4.56. The van der Waals surface area contributed by atoms with Crippen molar-refractivity contribution in [1.82, 2.24) is 14.6 Å². The third-order valence-electron chi connectivity index (χ3n) is 2.06. The molecule has 2 heterocycles. The number of fused-ring (bicyclic) bond motifs is 1. The maximum atomic E-state index is 5.53. The molecule has 1 unspecified atom stereocenters. The van der Waals surface area contributed by atoms with Gasteiger partial charge in [-0.25, -0.2) is 9.50 Å². The molecule has 0 spiro atoms. The summed E-state index contributed by atoms with van der Waals surface area (Å²) in [4.78, 5) is 4.24. The van der Waals surface area contributed by atoms with Crippen molar-refractivity contribution in [2.24, 2.45) is 5.73 Å². The standard InChI is InChI=1S/C9H13N5/c1-7(6-10)13-9-8-2-3-12-14(8)5-4-11-9/h2-5,7H,6,10H2,1H3,(H,11,13). The lowest BCUT2D eigenvalue weighted by atomic mass is 10.3. The summed E-state index contributed by atoms with van der Waals surface area (Å²) in [6.45, 7) is 2.60. The normalized spacial score (nSPS) is 13.0. The Kier molecular flexibility index (Phi) is 2.32. The zero-order valence-corrected chi connectivity index (χ0v) is 8.01. The molecule has 0 aliphatic heterocycles. The summed E-state index contributed by atoms with van der Waals surface area (Å²) in [5.41, 5.74) is 6.49. The fourth-order valence-corrected chi connectivity index (χ4v) is 1.26. The first kappa shape index (κ1) is 8.96. The Bertz CT molecular complexity index is 422. The smallest absolute Gasteiger partial charge is 0.152 e. The molecular weight excluding hydrogens is 178 g/mol. The van der Waals surface area contributed by atoms with Crippen LogP contribution in [0, 0.1) is 0 Å². The van der Waals surface area contributed by atoms with Crippen molar-refractivity contribution >= 4 is 11.3 Å². The summed E-state index contributed by atoms with van der Waals surface area (Å²) in [6.07, 6.45) is 5.27. The van der Waals surface area contributed by atoms with Gasteiger partial charge in [-0.1, -0.05) is 0 Å². The Morgan fingerprint density at radius 1 is 1.57 bits per heavy atom. The predicted octanol–water partition coefficient (Wildman–Crippen LogP) is 0.488. The molecule has 5 heteroatoms. The summed E-state index contributed by atoms with van der Waals surface area (Å²) in [5.74, 6) is 0.822. The molecular formula is C9H13N5. The molecule has 2 aromatic heterocycles. The van der Waals surface area contributed by atoms with E-state index in [9.17, 15) is 0 Å². The first-order valence-electron chi connectivity index (χ1n) is 4.56. The molecule has 1 atom stereocenters. The topological polar surface area (TPSA) is 68.2 Å². The highest BCUT2D eigenvalue weighted by Gasteiger charge is 2.04. The van der Waals surface area contributed by atoms with Crippen LogP contribution in [0.4, 0.5) is 5.82 Å². The van der Waals surface area contributed by atoms with Gasteiger partial charge in [-0.3, -0.25) is 0 Å². The van der Waals surface area contributed by atoms with Crippen molar-refractivity contribution in [3.63, 3.8) is 0 Å². The van der Waals surface area contributed by atoms with Crippen LogP contribution in [-0.4, -0.2) is 27.2 Å². The summed E-state index contributed by atoms with van der Waals surface area (Å²) in [7, 11) is 0. The number of hydrogen-bond acceptors (Lipinski definition) is 4. The highest BCUT2D eigenvalue weighted by molar-refractivity contribution is 5.66. The van der Waals surface area contributed by atoms with E-state index in [0.717, 1.165) is 11.3 Å². The van der Waals surface area contributed by atoms with Crippen LogP contribution in [0.5, 0.6) is 0 Å². The van der Waals surface area contributed by atoms with Crippen LogP contribution in [0.1, 0.15) is 6.92 Å². The molecule has 3 N–H and O–H groups in total. The largest absolute Gasteiger partial charge is 0.365 e. The zero-order valence-electron chi connectivity index (χ0n) is 8.01. The predicted molar refractivity (Wildman–Crippen MR) is 55.1 cm³/mol. The van der Waals surface area contributed by atoms with Gasteiger partial charge in [0.1, 0.15) is 5.52 Å². The Labute approximate surface area is 81.9 Å². The van der Waals surface area contributed by atoms with Crippen LogP contribution in [0.15, 0.2) is 24.7 Å². The average molecular weight is 191 g/mol. The molecule has 0 aliphatic carbocycles. The van der Waals surface area contributed by atoms with E-state index < -0.39 is 0 Å². The maximum absolute atomic E-state index is 5.53. The molecule has 0 radical (unpaired) electrons. The average Bonchev–Trinajstić information content (AvgIpc) is 2.66. The lowest BCUT2D eigenvalue weighted by Crippen LogP contribution is -2.25. The second kappa shape index (κ2) is 3.63. The van der Waals surface area contributed by atoms with Crippen molar-refractivity contribution in [1.29, 1.82) is 0 Å². The Balaban J connectivity index is 2.36. The molecule has 14 heavy (non-hydrogen) atoms. The minimum absolute atomic E-state index is 0.212. The Hall–Kier alpha value is -1.62. The summed E-state index contributed by atoms with van der Waals surface area (Å²) < 4.78 is 1.78. The molecule has 0 aliphatic rings. The van der Waals surface area contributed by atoms with Gasteiger partial charge >= 0.3 is 0 Å². The SMILES string of the molecule is CC(CN)Nc1nccn2nccc12. The second-order valence-corrected chi connectivity index (χ2v) is 3.22. The number of nitrogens with one attached hydrogen (secondary N) is 1. The molecule has 0 aromatic carbocycles. The molecule has 0 amide bonds. The van der Waals surface area contributed by atoms with E-state index in [0.29, 0.717) is 6.54 Å². The number of hydrogen-bond donors (Lipinski definition) is 2. The maximum Gasteiger partial charge on any atom is 0.152 e. The van der Waals surface area contributed by atoms with E-state index >= 15 is 0 Å². The fourth-order valence-electron chi connectivity index (χ4n) is 1.26. The van der Waals surface area contributed by atoms with E-state index in [1.54, 1.807) is 16.9 Å². The van der Waals surface area contributed by atoms with E-state index in [2.05, 4.69) is 15.4 Å². The molecule has 0 fully saturated rings. The molecule has 0 bridgehead atoms. The lowest BCUT2D eigenvalue weighted by Gasteiger charge is -2.12. The minimum Gasteiger partial charge on any atom is -0.365 e. The fraction of sp³-hybridized carbons (Fsp3) is 0.333. The molecule has 2 aromatic rings. The summed E-state index contributed by atoms with van der Waals surface area (Å²) in [6, 6.07) is 2.13. The van der Waals surface area contributed by atoms with Crippen LogP contribution in [-0.2, 0) is 0 Å². The first-order chi connectivity index (χ1) is 6.81. The molecule has 74 valence electrons.